The van der Waals surface area contributed by atoms with Crippen molar-refractivity contribution in [2.24, 2.45) is 10.9 Å². The van der Waals surface area contributed by atoms with Gasteiger partial charge < -0.3 is 25.7 Å². The van der Waals surface area contributed by atoms with Crippen LogP contribution in [-0.2, 0) is 9.53 Å². The monoisotopic (exact) mass is 281 g/mol. The molecule has 1 aromatic carbocycles. The summed E-state index contributed by atoms with van der Waals surface area (Å²) in [6.45, 7) is 3.25. The molecule has 0 saturated heterocycles. The van der Waals surface area contributed by atoms with E-state index in [9.17, 15) is 4.79 Å². The zero-order valence-corrected chi connectivity index (χ0v) is 11.9. The summed E-state index contributed by atoms with van der Waals surface area (Å²) < 4.78 is 10.3. The summed E-state index contributed by atoms with van der Waals surface area (Å²) in [6.07, 6.45) is 0. The number of oxime groups is 1. The van der Waals surface area contributed by atoms with Gasteiger partial charge in [0.15, 0.2) is 5.84 Å². The van der Waals surface area contributed by atoms with Gasteiger partial charge in [0.25, 0.3) is 5.91 Å². The quantitative estimate of drug-likeness (QED) is 0.325. The first-order valence-electron chi connectivity index (χ1n) is 5.89. The number of nitrogens with zero attached hydrogens (tertiary/aromatic N) is 1. The Kier molecular flexibility index (Phi) is 4.93. The minimum Gasteiger partial charge on any atom is -0.495 e. The van der Waals surface area contributed by atoms with Gasteiger partial charge in [0.05, 0.1) is 12.8 Å². The number of hydrogen-bond acceptors (Lipinski definition) is 5. The lowest BCUT2D eigenvalue weighted by molar-refractivity contribution is -0.133. The third-order valence-electron chi connectivity index (χ3n) is 2.93. The van der Waals surface area contributed by atoms with Gasteiger partial charge in [0.2, 0.25) is 0 Å². The van der Waals surface area contributed by atoms with E-state index < -0.39 is 5.60 Å². The van der Waals surface area contributed by atoms with Crippen LogP contribution in [0.2, 0.25) is 0 Å². The van der Waals surface area contributed by atoms with Gasteiger partial charge in [-0.2, -0.15) is 0 Å². The molecular formula is C13H19N3O4. The summed E-state index contributed by atoms with van der Waals surface area (Å²) in [6, 6.07) is 4.93. The molecule has 7 heteroatoms. The topological polar surface area (TPSA) is 106 Å². The molecule has 0 spiro atoms. The average molecular weight is 281 g/mol. The zero-order chi connectivity index (χ0) is 15.3. The maximum atomic E-state index is 12.2. The van der Waals surface area contributed by atoms with Gasteiger partial charge in [0, 0.05) is 12.7 Å². The SMILES string of the molecule is COc1cccc(/C(N)=N/O)c1NC(=O)C(C)(C)OC. The first kappa shape index (κ1) is 15.8. The maximum absolute atomic E-state index is 12.2. The highest BCUT2D eigenvalue weighted by atomic mass is 16.5. The van der Waals surface area contributed by atoms with Crippen molar-refractivity contribution in [1.29, 1.82) is 0 Å². The first-order valence-corrected chi connectivity index (χ1v) is 5.89. The van der Waals surface area contributed by atoms with Gasteiger partial charge in [-0.05, 0) is 26.0 Å². The summed E-state index contributed by atoms with van der Waals surface area (Å²) in [5.41, 5.74) is 5.25. The molecule has 7 nitrogen and oxygen atoms in total. The van der Waals surface area contributed by atoms with E-state index in [4.69, 9.17) is 20.4 Å². The molecule has 110 valence electrons. The molecule has 0 saturated carbocycles. The van der Waals surface area contributed by atoms with Crippen molar-refractivity contribution in [3.63, 3.8) is 0 Å². The van der Waals surface area contributed by atoms with E-state index in [0.29, 0.717) is 17.0 Å². The Morgan fingerprint density at radius 2 is 2.05 bits per heavy atom. The van der Waals surface area contributed by atoms with Crippen LogP contribution in [0.3, 0.4) is 0 Å². The second-order valence-electron chi connectivity index (χ2n) is 4.54. The number of ether oxygens (including phenoxy) is 2. The molecule has 0 aliphatic heterocycles. The number of nitrogens with two attached hydrogens (primary N) is 1. The molecule has 0 aromatic heterocycles. The third kappa shape index (κ3) is 3.18. The van der Waals surface area contributed by atoms with Gasteiger partial charge in [-0.15, -0.1) is 0 Å². The van der Waals surface area contributed by atoms with E-state index in [-0.39, 0.29) is 11.7 Å². The summed E-state index contributed by atoms with van der Waals surface area (Å²) in [5, 5.41) is 14.4. The number of methoxy groups -OCH3 is 2. The van der Waals surface area contributed by atoms with Crippen molar-refractivity contribution in [3.8, 4) is 5.75 Å². The van der Waals surface area contributed by atoms with Gasteiger partial charge in [-0.25, -0.2) is 0 Å². The van der Waals surface area contributed by atoms with Crippen LogP contribution in [0.15, 0.2) is 23.4 Å². The third-order valence-corrected chi connectivity index (χ3v) is 2.93. The van der Waals surface area contributed by atoms with Crippen LogP contribution in [0, 0.1) is 0 Å². The largest absolute Gasteiger partial charge is 0.495 e. The van der Waals surface area contributed by atoms with Gasteiger partial charge in [-0.3, -0.25) is 4.79 Å². The molecule has 0 unspecified atom stereocenters. The molecule has 1 amide bonds. The van der Waals surface area contributed by atoms with Crippen LogP contribution < -0.4 is 15.8 Å². The number of anilines is 1. The minimum atomic E-state index is -1.02. The first-order chi connectivity index (χ1) is 9.37. The fourth-order valence-electron chi connectivity index (χ4n) is 1.45. The number of amides is 1. The number of benzene rings is 1. The van der Waals surface area contributed by atoms with Crippen molar-refractivity contribution < 1.29 is 19.5 Å². The zero-order valence-electron chi connectivity index (χ0n) is 11.9. The number of carbonyl (C=O) groups excluding carboxylic acids is 1. The lowest BCUT2D eigenvalue weighted by Crippen LogP contribution is -2.39. The normalized spacial score (nSPS) is 12.1. The van der Waals surface area contributed by atoms with Gasteiger partial charge >= 0.3 is 0 Å². The average Bonchev–Trinajstić information content (AvgIpc) is 2.46. The summed E-state index contributed by atoms with van der Waals surface area (Å²) in [5.74, 6) is -0.111. The molecule has 1 rings (SSSR count). The van der Waals surface area contributed by atoms with E-state index in [1.807, 2.05) is 0 Å². The van der Waals surface area contributed by atoms with Crippen molar-refractivity contribution in [3.05, 3.63) is 23.8 Å². The van der Waals surface area contributed by atoms with E-state index in [2.05, 4.69) is 10.5 Å². The lowest BCUT2D eigenvalue weighted by atomic mass is 10.1. The predicted octanol–water partition coefficient (Wildman–Crippen LogP) is 1.15. The van der Waals surface area contributed by atoms with Crippen molar-refractivity contribution in [2.75, 3.05) is 19.5 Å². The fraction of sp³-hybridized carbons (Fsp3) is 0.385. The van der Waals surface area contributed by atoms with Crippen LogP contribution in [-0.4, -0.2) is 36.8 Å². The standard InChI is InChI=1S/C13H19N3O4/c1-13(2,20-4)12(17)15-10-8(11(14)16-18)6-5-7-9(10)19-3/h5-7,18H,1-4H3,(H2,14,16)(H,15,17). The van der Waals surface area contributed by atoms with Gasteiger partial charge in [0.1, 0.15) is 11.4 Å². The molecule has 1 aromatic rings. The molecule has 0 radical (unpaired) electrons. The molecule has 4 N–H and O–H groups in total. The number of amidine groups is 1. The Morgan fingerprint density at radius 1 is 1.40 bits per heavy atom. The smallest absolute Gasteiger partial charge is 0.256 e. The molecule has 0 aliphatic carbocycles. The second kappa shape index (κ2) is 6.25. The fourth-order valence-corrected chi connectivity index (χ4v) is 1.45. The lowest BCUT2D eigenvalue weighted by Gasteiger charge is -2.23. The van der Waals surface area contributed by atoms with E-state index in [1.54, 1.807) is 32.0 Å². The van der Waals surface area contributed by atoms with Crippen molar-refractivity contribution in [1.82, 2.24) is 0 Å². The summed E-state index contributed by atoms with van der Waals surface area (Å²) in [4.78, 5) is 12.2. The van der Waals surface area contributed by atoms with E-state index in [1.165, 1.54) is 14.2 Å². The Morgan fingerprint density at radius 3 is 2.55 bits per heavy atom. The molecule has 0 atom stereocenters. The molecule has 0 bridgehead atoms. The molecule has 20 heavy (non-hydrogen) atoms. The number of para-hydroxylation sites is 1. The molecular weight excluding hydrogens is 262 g/mol. The Balaban J connectivity index is 3.25. The van der Waals surface area contributed by atoms with Crippen LogP contribution in [0.25, 0.3) is 0 Å². The maximum Gasteiger partial charge on any atom is 0.256 e. The summed E-state index contributed by atoms with van der Waals surface area (Å²) in [7, 11) is 2.90. The van der Waals surface area contributed by atoms with E-state index >= 15 is 0 Å². The molecule has 0 heterocycles. The highest BCUT2D eigenvalue weighted by molar-refractivity contribution is 6.08. The molecule has 0 aliphatic rings. The van der Waals surface area contributed by atoms with Crippen molar-refractivity contribution >= 4 is 17.4 Å². The predicted molar refractivity (Wildman–Crippen MR) is 75.2 cm³/mol. The van der Waals surface area contributed by atoms with Crippen molar-refractivity contribution in [2.45, 2.75) is 19.4 Å². The minimum absolute atomic E-state index is 0.130. The number of rotatable bonds is 5. The van der Waals surface area contributed by atoms with Crippen LogP contribution in [0.5, 0.6) is 5.75 Å². The highest BCUT2D eigenvalue weighted by Crippen LogP contribution is 2.29. The number of nitrogens with one attached hydrogen (secondary N) is 1. The number of carbonyl (C=O) groups is 1. The molecule has 0 fully saturated rings. The van der Waals surface area contributed by atoms with Crippen LogP contribution in [0.1, 0.15) is 19.4 Å². The Bertz CT molecular complexity index is 526. The van der Waals surface area contributed by atoms with E-state index in [0.717, 1.165) is 0 Å². The van der Waals surface area contributed by atoms with Crippen LogP contribution >= 0.6 is 0 Å². The summed E-state index contributed by atoms with van der Waals surface area (Å²) >= 11 is 0. The highest BCUT2D eigenvalue weighted by Gasteiger charge is 2.28. The van der Waals surface area contributed by atoms with Gasteiger partial charge in [-0.1, -0.05) is 11.2 Å². The van der Waals surface area contributed by atoms with Crippen LogP contribution in [0.4, 0.5) is 5.69 Å². The number of hydrogen-bond donors (Lipinski definition) is 3. The second-order valence-corrected chi connectivity index (χ2v) is 4.54. The Hall–Kier alpha value is -2.28. The Labute approximate surface area is 117 Å².